The molecule has 4 nitrogen and oxygen atoms in total. The van der Waals surface area contributed by atoms with Crippen LogP contribution in [0.4, 0.5) is 4.39 Å². The van der Waals surface area contributed by atoms with Gasteiger partial charge >= 0.3 is 0 Å². The summed E-state index contributed by atoms with van der Waals surface area (Å²) in [6.45, 7) is -0.0221. The van der Waals surface area contributed by atoms with Gasteiger partial charge in [0.1, 0.15) is 11.6 Å². The van der Waals surface area contributed by atoms with Crippen molar-refractivity contribution in [3.63, 3.8) is 0 Å². The van der Waals surface area contributed by atoms with E-state index >= 15 is 0 Å². The predicted octanol–water partition coefficient (Wildman–Crippen LogP) is 2.68. The zero-order chi connectivity index (χ0) is 16.0. The number of benzene rings is 1. The van der Waals surface area contributed by atoms with Crippen LogP contribution in [0.1, 0.15) is 30.5 Å². The van der Waals surface area contributed by atoms with Gasteiger partial charge in [-0.2, -0.15) is 5.10 Å². The zero-order valence-corrected chi connectivity index (χ0v) is 12.6. The topological polar surface area (TPSA) is 55.1 Å². The highest BCUT2D eigenvalue weighted by Gasteiger charge is 2.42. The van der Waals surface area contributed by atoms with Gasteiger partial charge in [0.2, 0.25) is 0 Å². The molecule has 1 atom stereocenters. The predicted molar refractivity (Wildman–Crippen MR) is 83.6 cm³/mol. The lowest BCUT2D eigenvalue weighted by Gasteiger charge is -2.40. The molecule has 0 spiro atoms. The maximum absolute atomic E-state index is 13.1. The van der Waals surface area contributed by atoms with Crippen LogP contribution >= 0.6 is 0 Å². The number of aliphatic hydroxyl groups is 1. The molecule has 5 heteroatoms. The maximum Gasteiger partial charge on any atom is 0.134 e. The second kappa shape index (κ2) is 5.13. The van der Waals surface area contributed by atoms with E-state index in [0.29, 0.717) is 25.7 Å². The van der Waals surface area contributed by atoms with Gasteiger partial charge in [0.05, 0.1) is 24.2 Å². The van der Waals surface area contributed by atoms with Gasteiger partial charge in [0.15, 0.2) is 0 Å². The molecule has 4 rings (SSSR count). The molecule has 1 saturated carbocycles. The highest BCUT2D eigenvalue weighted by molar-refractivity contribution is 5.83. The molecule has 0 radical (unpaired) electrons. The van der Waals surface area contributed by atoms with Crippen LogP contribution in [0.25, 0.3) is 11.8 Å². The molecule has 0 bridgehead atoms. The Kier molecular flexibility index (Phi) is 3.20. The molecule has 0 saturated heterocycles. The van der Waals surface area contributed by atoms with Crippen LogP contribution < -0.4 is 0 Å². The SMILES string of the molecule is O=C1CCC2=Cc3c(cnn3-c3ccc(F)cc3)C[C@]2(CO)C1. The van der Waals surface area contributed by atoms with E-state index in [1.807, 2.05) is 0 Å². The van der Waals surface area contributed by atoms with Crippen LogP contribution in [0.15, 0.2) is 36.0 Å². The molecule has 2 aromatic rings. The highest BCUT2D eigenvalue weighted by Crippen LogP contribution is 2.46. The summed E-state index contributed by atoms with van der Waals surface area (Å²) in [6.07, 6.45) is 6.08. The monoisotopic (exact) mass is 312 g/mol. The molecule has 1 N–H and O–H groups in total. The van der Waals surface area contributed by atoms with Gasteiger partial charge in [-0.1, -0.05) is 5.57 Å². The number of carbonyl (C=O) groups is 1. The summed E-state index contributed by atoms with van der Waals surface area (Å²) in [5, 5.41) is 14.3. The number of halogens is 1. The van der Waals surface area contributed by atoms with Crippen LogP contribution in [-0.2, 0) is 11.2 Å². The Labute approximate surface area is 133 Å². The van der Waals surface area contributed by atoms with Crippen LogP contribution in [0.3, 0.4) is 0 Å². The molecule has 1 heterocycles. The molecule has 118 valence electrons. The van der Waals surface area contributed by atoms with Gasteiger partial charge in [0, 0.05) is 18.3 Å². The van der Waals surface area contributed by atoms with Gasteiger partial charge in [-0.15, -0.1) is 0 Å². The van der Waals surface area contributed by atoms with Crippen molar-refractivity contribution in [3.8, 4) is 5.69 Å². The first-order valence-electron chi connectivity index (χ1n) is 7.78. The van der Waals surface area contributed by atoms with Crippen molar-refractivity contribution in [1.82, 2.24) is 9.78 Å². The quantitative estimate of drug-likeness (QED) is 0.927. The lowest BCUT2D eigenvalue weighted by Crippen LogP contribution is -2.38. The number of hydrogen-bond donors (Lipinski definition) is 1. The van der Waals surface area contributed by atoms with E-state index in [-0.39, 0.29) is 18.2 Å². The fourth-order valence-electron chi connectivity index (χ4n) is 3.73. The normalized spacial score (nSPS) is 23.2. The second-order valence-corrected chi connectivity index (χ2v) is 6.44. The van der Waals surface area contributed by atoms with Gasteiger partial charge in [-0.3, -0.25) is 4.79 Å². The summed E-state index contributed by atoms with van der Waals surface area (Å²) in [7, 11) is 0. The van der Waals surface area contributed by atoms with E-state index in [1.54, 1.807) is 23.0 Å². The van der Waals surface area contributed by atoms with Gasteiger partial charge in [0.25, 0.3) is 0 Å². The number of rotatable bonds is 2. The lowest BCUT2D eigenvalue weighted by atomic mass is 9.64. The Hall–Kier alpha value is -2.27. The number of nitrogens with zero attached hydrogens (tertiary/aromatic N) is 2. The first-order chi connectivity index (χ1) is 11.1. The third-order valence-corrected chi connectivity index (χ3v) is 4.99. The molecular formula is C18H17FN2O2. The molecule has 1 aromatic carbocycles. The Morgan fingerprint density at radius 1 is 1.22 bits per heavy atom. The van der Waals surface area contributed by atoms with Crippen LogP contribution in [0, 0.1) is 11.2 Å². The summed E-state index contributed by atoms with van der Waals surface area (Å²) >= 11 is 0. The van der Waals surface area contributed by atoms with E-state index in [4.69, 9.17) is 0 Å². The van der Waals surface area contributed by atoms with Gasteiger partial charge in [-0.25, -0.2) is 9.07 Å². The molecule has 23 heavy (non-hydrogen) atoms. The van der Waals surface area contributed by atoms with Crippen molar-refractivity contribution in [2.45, 2.75) is 25.7 Å². The third-order valence-electron chi connectivity index (χ3n) is 4.99. The molecular weight excluding hydrogens is 295 g/mol. The number of carbonyl (C=O) groups excluding carboxylic acids is 1. The number of aliphatic hydroxyl groups excluding tert-OH is 1. The van der Waals surface area contributed by atoms with Crippen LogP contribution in [0.5, 0.6) is 0 Å². The molecule has 0 amide bonds. The van der Waals surface area contributed by atoms with Crippen LogP contribution in [-0.4, -0.2) is 27.3 Å². The largest absolute Gasteiger partial charge is 0.395 e. The molecule has 2 aliphatic rings. The van der Waals surface area contributed by atoms with E-state index in [1.165, 1.54) is 12.1 Å². The minimum absolute atomic E-state index is 0.0221. The summed E-state index contributed by atoms with van der Waals surface area (Å²) in [5.41, 5.74) is 3.44. The molecule has 0 unspecified atom stereocenters. The minimum Gasteiger partial charge on any atom is -0.395 e. The first kappa shape index (κ1) is 14.3. The number of Topliss-reactive ketones (excluding diaryl/α,β-unsaturated/α-hetero) is 1. The number of fused-ring (bicyclic) bond motifs is 2. The summed E-state index contributed by atoms with van der Waals surface area (Å²) < 4.78 is 14.9. The van der Waals surface area contributed by atoms with Crippen molar-refractivity contribution < 1.29 is 14.3 Å². The Balaban J connectivity index is 1.80. The third kappa shape index (κ3) is 2.23. The Morgan fingerprint density at radius 3 is 2.74 bits per heavy atom. The molecule has 1 aromatic heterocycles. The average molecular weight is 312 g/mol. The number of hydrogen-bond acceptors (Lipinski definition) is 3. The molecule has 2 aliphatic carbocycles. The summed E-state index contributed by atoms with van der Waals surface area (Å²) in [4.78, 5) is 11.9. The Morgan fingerprint density at radius 2 is 2.00 bits per heavy atom. The second-order valence-electron chi connectivity index (χ2n) is 6.44. The summed E-state index contributed by atoms with van der Waals surface area (Å²) in [5.74, 6) is -0.0659. The van der Waals surface area contributed by atoms with Crippen molar-refractivity contribution in [2.75, 3.05) is 6.61 Å². The van der Waals surface area contributed by atoms with E-state index in [0.717, 1.165) is 22.5 Å². The van der Waals surface area contributed by atoms with E-state index < -0.39 is 5.41 Å². The van der Waals surface area contributed by atoms with Crippen molar-refractivity contribution >= 4 is 11.9 Å². The Bertz CT molecular complexity index is 807. The molecule has 0 aliphatic heterocycles. The fourth-order valence-corrected chi connectivity index (χ4v) is 3.73. The number of aromatic nitrogens is 2. The van der Waals surface area contributed by atoms with Crippen molar-refractivity contribution in [1.29, 1.82) is 0 Å². The first-order valence-corrected chi connectivity index (χ1v) is 7.78. The summed E-state index contributed by atoms with van der Waals surface area (Å²) in [6, 6.07) is 6.21. The van der Waals surface area contributed by atoms with Gasteiger partial charge < -0.3 is 5.11 Å². The van der Waals surface area contributed by atoms with Crippen LogP contribution in [0.2, 0.25) is 0 Å². The number of ketones is 1. The van der Waals surface area contributed by atoms with Crippen molar-refractivity contribution in [3.05, 3.63) is 53.1 Å². The van der Waals surface area contributed by atoms with E-state index in [2.05, 4.69) is 11.2 Å². The average Bonchev–Trinajstić information content (AvgIpc) is 2.95. The highest BCUT2D eigenvalue weighted by atomic mass is 19.1. The molecule has 1 fully saturated rings. The zero-order valence-electron chi connectivity index (χ0n) is 12.6. The fraction of sp³-hybridized carbons (Fsp3) is 0.333. The minimum atomic E-state index is -0.459. The smallest absolute Gasteiger partial charge is 0.134 e. The van der Waals surface area contributed by atoms with Gasteiger partial charge in [-0.05, 0) is 48.7 Å². The maximum atomic E-state index is 13.1. The lowest BCUT2D eigenvalue weighted by molar-refractivity contribution is -0.123. The van der Waals surface area contributed by atoms with E-state index in [9.17, 15) is 14.3 Å². The van der Waals surface area contributed by atoms with Crippen molar-refractivity contribution in [2.24, 2.45) is 5.41 Å². The standard InChI is InChI=1S/C18H17FN2O2/c19-14-2-4-15(5-3-14)21-17-7-13-1-6-16(23)9-18(13,11-22)8-12(17)10-20-21/h2-5,7,10,22H,1,6,8-9,11H2/t18-/m1/s1.